The summed E-state index contributed by atoms with van der Waals surface area (Å²) >= 11 is 0. The zero-order chi connectivity index (χ0) is 12.2. The van der Waals surface area contributed by atoms with E-state index in [1.807, 2.05) is 19.3 Å². The zero-order valence-corrected chi connectivity index (χ0v) is 11.2. The summed E-state index contributed by atoms with van der Waals surface area (Å²) in [7, 11) is 0. The molecule has 0 aliphatic heterocycles. The molecule has 92 valence electrons. The smallest absolute Gasteiger partial charge is 0.105 e. The van der Waals surface area contributed by atoms with Crippen LogP contribution in [-0.4, -0.2) is 22.6 Å². The molecule has 0 fully saturated rings. The lowest BCUT2D eigenvalue weighted by molar-refractivity contribution is 0.252. The Morgan fingerprint density at radius 3 is 2.62 bits per heavy atom. The van der Waals surface area contributed by atoms with Crippen molar-refractivity contribution >= 4 is 0 Å². The minimum absolute atomic E-state index is 0.387. The van der Waals surface area contributed by atoms with E-state index in [9.17, 15) is 0 Å². The van der Waals surface area contributed by atoms with Crippen molar-refractivity contribution in [2.24, 2.45) is 11.3 Å². The number of nitrogens with zero attached hydrogens (tertiary/aromatic N) is 2. The van der Waals surface area contributed by atoms with Gasteiger partial charge in [-0.1, -0.05) is 27.7 Å². The summed E-state index contributed by atoms with van der Waals surface area (Å²) in [6.07, 6.45) is 3.89. The number of hydrogen-bond donors (Lipinski definition) is 1. The molecule has 1 rings (SSSR count). The normalized spacial score (nSPS) is 14.1. The molecule has 0 spiro atoms. The van der Waals surface area contributed by atoms with E-state index in [-0.39, 0.29) is 0 Å². The van der Waals surface area contributed by atoms with Crippen molar-refractivity contribution in [1.82, 2.24) is 14.9 Å². The molecular weight excluding hydrogens is 198 g/mol. The molecule has 1 N–H and O–H groups in total. The minimum atomic E-state index is 0.387. The maximum atomic E-state index is 4.20. The lowest BCUT2D eigenvalue weighted by Crippen LogP contribution is -2.31. The van der Waals surface area contributed by atoms with Crippen molar-refractivity contribution in [3.63, 3.8) is 0 Å². The van der Waals surface area contributed by atoms with Gasteiger partial charge in [-0.15, -0.1) is 0 Å². The standard InChI is InChI=1S/C13H25N3/c1-11(13(3,4)5)10-14-6-8-16-9-7-15-12(16)2/h7,9,11,14H,6,8,10H2,1-5H3. The molecule has 0 saturated carbocycles. The van der Waals surface area contributed by atoms with Gasteiger partial charge in [-0.2, -0.15) is 0 Å². The number of aromatic nitrogens is 2. The molecule has 1 aromatic rings. The maximum absolute atomic E-state index is 4.20. The first-order valence-electron chi connectivity index (χ1n) is 6.09. The predicted octanol–water partition coefficient (Wildman–Crippen LogP) is 2.46. The third kappa shape index (κ3) is 3.97. The number of hydrogen-bond acceptors (Lipinski definition) is 2. The molecule has 1 aromatic heterocycles. The Labute approximate surface area is 99.3 Å². The minimum Gasteiger partial charge on any atom is -0.334 e. The van der Waals surface area contributed by atoms with Crippen LogP contribution in [0.15, 0.2) is 12.4 Å². The van der Waals surface area contributed by atoms with Gasteiger partial charge in [0.2, 0.25) is 0 Å². The quantitative estimate of drug-likeness (QED) is 0.777. The highest BCUT2D eigenvalue weighted by atomic mass is 15.1. The molecular formula is C13H25N3. The lowest BCUT2D eigenvalue weighted by atomic mass is 9.82. The second-order valence-electron chi connectivity index (χ2n) is 5.64. The molecule has 3 nitrogen and oxygen atoms in total. The molecule has 1 atom stereocenters. The summed E-state index contributed by atoms with van der Waals surface area (Å²) in [4.78, 5) is 4.20. The second kappa shape index (κ2) is 5.48. The highest BCUT2D eigenvalue weighted by Gasteiger charge is 2.18. The van der Waals surface area contributed by atoms with Crippen LogP contribution >= 0.6 is 0 Å². The van der Waals surface area contributed by atoms with Gasteiger partial charge in [0.15, 0.2) is 0 Å². The van der Waals surface area contributed by atoms with Crippen molar-refractivity contribution < 1.29 is 0 Å². The SMILES string of the molecule is Cc1nccn1CCNCC(C)C(C)(C)C. The van der Waals surface area contributed by atoms with Crippen LogP contribution in [0.1, 0.15) is 33.5 Å². The van der Waals surface area contributed by atoms with Crippen molar-refractivity contribution in [3.8, 4) is 0 Å². The van der Waals surface area contributed by atoms with E-state index >= 15 is 0 Å². The maximum Gasteiger partial charge on any atom is 0.105 e. The second-order valence-corrected chi connectivity index (χ2v) is 5.64. The van der Waals surface area contributed by atoms with Crippen LogP contribution in [0.3, 0.4) is 0 Å². The van der Waals surface area contributed by atoms with Gasteiger partial charge in [-0.3, -0.25) is 0 Å². The van der Waals surface area contributed by atoms with E-state index in [0.717, 1.165) is 25.5 Å². The van der Waals surface area contributed by atoms with Crippen LogP contribution in [0.4, 0.5) is 0 Å². The van der Waals surface area contributed by atoms with Crippen LogP contribution < -0.4 is 5.32 Å². The first-order chi connectivity index (χ1) is 7.41. The van der Waals surface area contributed by atoms with E-state index in [2.05, 4.69) is 42.6 Å². The molecule has 1 heterocycles. The number of nitrogens with one attached hydrogen (secondary N) is 1. The molecule has 1 unspecified atom stereocenters. The third-order valence-corrected chi connectivity index (χ3v) is 3.38. The van der Waals surface area contributed by atoms with Crippen LogP contribution in [0.2, 0.25) is 0 Å². The summed E-state index contributed by atoms with van der Waals surface area (Å²) in [5.74, 6) is 1.78. The number of aryl methyl sites for hydroxylation is 1. The zero-order valence-electron chi connectivity index (χ0n) is 11.2. The predicted molar refractivity (Wildman–Crippen MR) is 68.5 cm³/mol. The van der Waals surface area contributed by atoms with Gasteiger partial charge < -0.3 is 9.88 Å². The number of rotatable bonds is 5. The highest BCUT2D eigenvalue weighted by molar-refractivity contribution is 4.88. The van der Waals surface area contributed by atoms with E-state index < -0.39 is 0 Å². The van der Waals surface area contributed by atoms with Gasteiger partial charge in [0, 0.05) is 25.5 Å². The van der Waals surface area contributed by atoms with E-state index in [0.29, 0.717) is 11.3 Å². The Kier molecular flexibility index (Phi) is 4.54. The Hall–Kier alpha value is -0.830. The van der Waals surface area contributed by atoms with Crippen LogP contribution in [-0.2, 0) is 6.54 Å². The van der Waals surface area contributed by atoms with Crippen molar-refractivity contribution in [2.45, 2.75) is 41.2 Å². The first kappa shape index (κ1) is 13.2. The molecule has 3 heteroatoms. The molecule has 16 heavy (non-hydrogen) atoms. The summed E-state index contributed by atoms with van der Waals surface area (Å²) in [5.41, 5.74) is 0.387. The van der Waals surface area contributed by atoms with Gasteiger partial charge in [0.25, 0.3) is 0 Å². The largest absolute Gasteiger partial charge is 0.334 e. The van der Waals surface area contributed by atoms with Crippen molar-refractivity contribution in [3.05, 3.63) is 18.2 Å². The van der Waals surface area contributed by atoms with E-state index in [1.54, 1.807) is 0 Å². The Morgan fingerprint density at radius 1 is 1.44 bits per heavy atom. The summed E-state index contributed by atoms with van der Waals surface area (Å²) in [5, 5.41) is 3.51. The molecule has 0 aliphatic carbocycles. The van der Waals surface area contributed by atoms with E-state index in [4.69, 9.17) is 0 Å². The van der Waals surface area contributed by atoms with Crippen LogP contribution in [0.25, 0.3) is 0 Å². The summed E-state index contributed by atoms with van der Waals surface area (Å²) in [6.45, 7) is 14.3. The average Bonchev–Trinajstić information content (AvgIpc) is 2.57. The Balaban J connectivity index is 2.20. The Bertz CT molecular complexity index is 309. The molecule has 0 aliphatic rings. The van der Waals surface area contributed by atoms with Gasteiger partial charge >= 0.3 is 0 Å². The molecule has 0 aromatic carbocycles. The fraction of sp³-hybridized carbons (Fsp3) is 0.769. The fourth-order valence-electron chi connectivity index (χ4n) is 1.46. The summed E-state index contributed by atoms with van der Waals surface area (Å²) < 4.78 is 2.18. The molecule has 0 saturated heterocycles. The van der Waals surface area contributed by atoms with Crippen molar-refractivity contribution in [1.29, 1.82) is 0 Å². The van der Waals surface area contributed by atoms with Gasteiger partial charge in [-0.25, -0.2) is 4.98 Å². The van der Waals surface area contributed by atoms with Crippen LogP contribution in [0.5, 0.6) is 0 Å². The monoisotopic (exact) mass is 223 g/mol. The highest BCUT2D eigenvalue weighted by Crippen LogP contribution is 2.24. The molecule has 0 bridgehead atoms. The lowest BCUT2D eigenvalue weighted by Gasteiger charge is -2.27. The Morgan fingerprint density at radius 2 is 2.12 bits per heavy atom. The van der Waals surface area contributed by atoms with Crippen LogP contribution in [0, 0.1) is 18.3 Å². The van der Waals surface area contributed by atoms with Gasteiger partial charge in [0.05, 0.1) is 0 Å². The van der Waals surface area contributed by atoms with Gasteiger partial charge in [-0.05, 0) is 24.8 Å². The van der Waals surface area contributed by atoms with Gasteiger partial charge in [0.1, 0.15) is 5.82 Å². The summed E-state index contributed by atoms with van der Waals surface area (Å²) in [6, 6.07) is 0. The first-order valence-corrected chi connectivity index (χ1v) is 6.09. The number of imidazole rings is 1. The fourth-order valence-corrected chi connectivity index (χ4v) is 1.46. The third-order valence-electron chi connectivity index (χ3n) is 3.38. The van der Waals surface area contributed by atoms with Crippen molar-refractivity contribution in [2.75, 3.05) is 13.1 Å². The van der Waals surface area contributed by atoms with E-state index in [1.165, 1.54) is 0 Å². The molecule has 0 radical (unpaired) electrons. The average molecular weight is 223 g/mol. The molecule has 0 amide bonds. The topological polar surface area (TPSA) is 29.9 Å².